The maximum atomic E-state index is 12.1. The lowest BCUT2D eigenvalue weighted by Gasteiger charge is -2.20. The van der Waals surface area contributed by atoms with E-state index >= 15 is 0 Å². The number of carbonyl (C=O) groups is 1. The third kappa shape index (κ3) is 4.59. The van der Waals surface area contributed by atoms with Gasteiger partial charge in [0.2, 0.25) is 11.7 Å². The summed E-state index contributed by atoms with van der Waals surface area (Å²) in [7, 11) is -1.73. The van der Waals surface area contributed by atoms with E-state index in [0.29, 0.717) is 36.1 Å². The Bertz CT molecular complexity index is 963. The zero-order valence-corrected chi connectivity index (χ0v) is 15.7. The highest BCUT2D eigenvalue weighted by Crippen LogP contribution is 2.40. The Morgan fingerprint density at radius 3 is 2.52 bits per heavy atom. The number of hydrogen-bond acceptors (Lipinski definition) is 6. The Kier molecular flexibility index (Phi) is 5.36. The SMILES string of the molecule is COc1cc(/C=C/C(=O)Nc2ccc(S(C)(=O)=O)cc2)cc2c1OCCO2. The molecule has 27 heavy (non-hydrogen) atoms. The van der Waals surface area contributed by atoms with Crippen LogP contribution in [0.2, 0.25) is 0 Å². The van der Waals surface area contributed by atoms with Crippen LogP contribution in [0.25, 0.3) is 6.08 Å². The van der Waals surface area contributed by atoms with E-state index in [1.54, 1.807) is 18.2 Å². The van der Waals surface area contributed by atoms with Crippen molar-refractivity contribution in [2.45, 2.75) is 4.90 Å². The molecule has 1 aliphatic rings. The second-order valence-corrected chi connectivity index (χ2v) is 7.88. The zero-order chi connectivity index (χ0) is 19.4. The summed E-state index contributed by atoms with van der Waals surface area (Å²) in [5, 5.41) is 2.67. The standard InChI is InChI=1S/C19H19NO6S/c1-24-16-11-13(12-17-19(16)26-10-9-25-17)3-8-18(21)20-14-4-6-15(7-5-14)27(2,22)23/h3-8,11-12H,9-10H2,1-2H3,(H,20,21)/b8-3+. The summed E-state index contributed by atoms with van der Waals surface area (Å²) >= 11 is 0. The average molecular weight is 389 g/mol. The highest BCUT2D eigenvalue weighted by Gasteiger charge is 2.17. The number of anilines is 1. The van der Waals surface area contributed by atoms with Crippen LogP contribution in [0.4, 0.5) is 5.69 Å². The first-order chi connectivity index (χ1) is 12.9. The molecule has 0 spiro atoms. The quantitative estimate of drug-likeness (QED) is 0.790. The summed E-state index contributed by atoms with van der Waals surface area (Å²) in [6.45, 7) is 0.909. The number of sulfone groups is 1. The fraction of sp³-hybridized carbons (Fsp3) is 0.211. The van der Waals surface area contributed by atoms with Crippen LogP contribution in [-0.2, 0) is 14.6 Å². The number of hydrogen-bond donors (Lipinski definition) is 1. The minimum atomic E-state index is -3.27. The summed E-state index contributed by atoms with van der Waals surface area (Å²) in [5.41, 5.74) is 1.22. The molecule has 3 rings (SSSR count). The zero-order valence-electron chi connectivity index (χ0n) is 14.9. The van der Waals surface area contributed by atoms with Crippen molar-refractivity contribution in [3.8, 4) is 17.2 Å². The van der Waals surface area contributed by atoms with Crippen LogP contribution in [0.3, 0.4) is 0 Å². The van der Waals surface area contributed by atoms with Gasteiger partial charge in [0.1, 0.15) is 13.2 Å². The van der Waals surface area contributed by atoms with Gasteiger partial charge >= 0.3 is 0 Å². The van der Waals surface area contributed by atoms with Crippen molar-refractivity contribution in [1.29, 1.82) is 0 Å². The number of amides is 1. The topological polar surface area (TPSA) is 90.9 Å². The molecule has 0 radical (unpaired) electrons. The van der Waals surface area contributed by atoms with E-state index in [1.807, 2.05) is 0 Å². The van der Waals surface area contributed by atoms with E-state index in [9.17, 15) is 13.2 Å². The molecule has 0 unspecified atom stereocenters. The minimum Gasteiger partial charge on any atom is -0.493 e. The Morgan fingerprint density at radius 2 is 1.85 bits per heavy atom. The van der Waals surface area contributed by atoms with Gasteiger partial charge in [0.05, 0.1) is 12.0 Å². The van der Waals surface area contributed by atoms with Gasteiger partial charge in [-0.3, -0.25) is 4.79 Å². The smallest absolute Gasteiger partial charge is 0.248 e. The molecule has 0 saturated heterocycles. The molecule has 1 heterocycles. The molecule has 7 nitrogen and oxygen atoms in total. The molecule has 142 valence electrons. The lowest BCUT2D eigenvalue weighted by atomic mass is 10.1. The van der Waals surface area contributed by atoms with E-state index in [-0.39, 0.29) is 10.8 Å². The first kappa shape index (κ1) is 18.8. The third-order valence-electron chi connectivity index (χ3n) is 3.83. The summed E-state index contributed by atoms with van der Waals surface area (Å²) < 4.78 is 39.3. The summed E-state index contributed by atoms with van der Waals surface area (Å²) in [6, 6.07) is 9.48. The van der Waals surface area contributed by atoms with Gasteiger partial charge in [-0.25, -0.2) is 8.42 Å². The third-order valence-corrected chi connectivity index (χ3v) is 4.96. The Labute approximate surface area is 157 Å². The lowest BCUT2D eigenvalue weighted by Crippen LogP contribution is -2.16. The molecule has 0 bridgehead atoms. The molecular formula is C19H19NO6S. The van der Waals surface area contributed by atoms with Crippen LogP contribution in [0, 0.1) is 0 Å². The fourth-order valence-corrected chi connectivity index (χ4v) is 3.16. The van der Waals surface area contributed by atoms with Crippen LogP contribution in [-0.4, -0.2) is 40.9 Å². The van der Waals surface area contributed by atoms with Crippen LogP contribution in [0.1, 0.15) is 5.56 Å². The van der Waals surface area contributed by atoms with Gasteiger partial charge in [0.15, 0.2) is 21.3 Å². The first-order valence-corrected chi connectivity index (χ1v) is 10.0. The molecule has 0 atom stereocenters. The maximum Gasteiger partial charge on any atom is 0.248 e. The van der Waals surface area contributed by atoms with Crippen LogP contribution in [0.15, 0.2) is 47.4 Å². The van der Waals surface area contributed by atoms with Crippen molar-refractivity contribution in [3.63, 3.8) is 0 Å². The summed E-state index contributed by atoms with van der Waals surface area (Å²) in [5.74, 6) is 1.30. The largest absolute Gasteiger partial charge is 0.493 e. The molecule has 0 fully saturated rings. The van der Waals surface area contributed by atoms with Gasteiger partial charge in [-0.1, -0.05) is 0 Å². The van der Waals surface area contributed by atoms with Gasteiger partial charge in [-0.15, -0.1) is 0 Å². The predicted octanol–water partition coefficient (Wildman–Crippen LogP) is 2.52. The molecule has 0 saturated carbocycles. The van der Waals surface area contributed by atoms with Gasteiger partial charge in [-0.05, 0) is 48.0 Å². The Balaban J connectivity index is 1.71. The van der Waals surface area contributed by atoms with Crippen molar-refractivity contribution in [2.75, 3.05) is 31.9 Å². The van der Waals surface area contributed by atoms with Gasteiger partial charge in [0.25, 0.3) is 0 Å². The Morgan fingerprint density at radius 1 is 1.15 bits per heavy atom. The highest BCUT2D eigenvalue weighted by molar-refractivity contribution is 7.90. The molecule has 1 aliphatic heterocycles. The van der Waals surface area contributed by atoms with Crippen molar-refractivity contribution in [2.24, 2.45) is 0 Å². The fourth-order valence-electron chi connectivity index (χ4n) is 2.53. The number of carbonyl (C=O) groups excluding carboxylic acids is 1. The van der Waals surface area contributed by atoms with Crippen LogP contribution >= 0.6 is 0 Å². The van der Waals surface area contributed by atoms with E-state index in [1.165, 1.54) is 37.5 Å². The Hall–Kier alpha value is -3.00. The first-order valence-electron chi connectivity index (χ1n) is 8.13. The average Bonchev–Trinajstić information content (AvgIpc) is 2.65. The normalized spacial score (nSPS) is 13.4. The van der Waals surface area contributed by atoms with Crippen molar-refractivity contribution in [3.05, 3.63) is 48.0 Å². The van der Waals surface area contributed by atoms with Gasteiger partial charge in [0, 0.05) is 18.0 Å². The van der Waals surface area contributed by atoms with Crippen molar-refractivity contribution < 1.29 is 27.4 Å². The highest BCUT2D eigenvalue weighted by atomic mass is 32.2. The second kappa shape index (κ2) is 7.71. The predicted molar refractivity (Wildman–Crippen MR) is 101 cm³/mol. The molecule has 1 amide bonds. The second-order valence-electron chi connectivity index (χ2n) is 5.87. The van der Waals surface area contributed by atoms with E-state index in [0.717, 1.165) is 11.8 Å². The minimum absolute atomic E-state index is 0.194. The molecule has 1 N–H and O–H groups in total. The molecule has 2 aromatic rings. The number of rotatable bonds is 5. The van der Waals surface area contributed by atoms with Gasteiger partial charge in [-0.2, -0.15) is 0 Å². The molecule has 2 aromatic carbocycles. The lowest BCUT2D eigenvalue weighted by molar-refractivity contribution is -0.111. The number of benzene rings is 2. The summed E-state index contributed by atoms with van der Waals surface area (Å²) in [6.07, 6.45) is 4.13. The number of methoxy groups -OCH3 is 1. The van der Waals surface area contributed by atoms with Crippen LogP contribution in [0.5, 0.6) is 17.2 Å². The molecule has 0 aliphatic carbocycles. The molecule has 8 heteroatoms. The van der Waals surface area contributed by atoms with E-state index in [2.05, 4.69) is 5.32 Å². The number of fused-ring (bicyclic) bond motifs is 1. The van der Waals surface area contributed by atoms with Crippen molar-refractivity contribution in [1.82, 2.24) is 0 Å². The number of ether oxygens (including phenoxy) is 3. The van der Waals surface area contributed by atoms with Gasteiger partial charge < -0.3 is 19.5 Å². The van der Waals surface area contributed by atoms with Crippen molar-refractivity contribution >= 4 is 27.5 Å². The molecular weight excluding hydrogens is 370 g/mol. The maximum absolute atomic E-state index is 12.1. The van der Waals surface area contributed by atoms with E-state index < -0.39 is 9.84 Å². The van der Waals surface area contributed by atoms with E-state index in [4.69, 9.17) is 14.2 Å². The molecule has 0 aromatic heterocycles. The summed E-state index contributed by atoms with van der Waals surface area (Å²) in [4.78, 5) is 12.3. The van der Waals surface area contributed by atoms with Crippen LogP contribution < -0.4 is 19.5 Å². The monoisotopic (exact) mass is 389 g/mol. The number of nitrogens with one attached hydrogen (secondary N) is 1.